The SMILES string of the molecule is Cc1nc(CN(C)c2nnc(Cc3ccccc3F)s2)no1. The van der Waals surface area contributed by atoms with E-state index in [9.17, 15) is 4.39 Å². The third-order valence-corrected chi connectivity index (χ3v) is 4.07. The molecule has 0 unspecified atom stereocenters. The molecule has 8 heteroatoms. The van der Waals surface area contributed by atoms with Crippen LogP contribution in [0.5, 0.6) is 0 Å². The molecular formula is C14H14FN5OS. The topological polar surface area (TPSA) is 67.9 Å². The van der Waals surface area contributed by atoms with E-state index in [2.05, 4.69) is 20.3 Å². The molecule has 0 N–H and O–H groups in total. The molecule has 0 bridgehead atoms. The standard InChI is InChI=1S/C14H14FN5OS/c1-9-16-12(19-21-9)8-20(2)14-18-17-13(22-14)7-10-5-3-4-6-11(10)15/h3-6H,7-8H2,1-2H3. The van der Waals surface area contributed by atoms with Crippen LogP contribution in [0.25, 0.3) is 0 Å². The number of aryl methyl sites for hydroxylation is 1. The monoisotopic (exact) mass is 319 g/mol. The molecule has 0 amide bonds. The van der Waals surface area contributed by atoms with Crippen LogP contribution in [-0.4, -0.2) is 27.4 Å². The zero-order valence-electron chi connectivity index (χ0n) is 12.2. The van der Waals surface area contributed by atoms with Crippen LogP contribution in [0, 0.1) is 12.7 Å². The predicted molar refractivity (Wildman–Crippen MR) is 80.3 cm³/mol. The van der Waals surface area contributed by atoms with Gasteiger partial charge in [-0.05, 0) is 11.6 Å². The zero-order chi connectivity index (χ0) is 15.5. The third-order valence-electron chi connectivity index (χ3n) is 3.03. The molecule has 0 spiro atoms. The lowest BCUT2D eigenvalue weighted by Crippen LogP contribution is -2.17. The van der Waals surface area contributed by atoms with Crippen LogP contribution >= 0.6 is 11.3 Å². The molecular weight excluding hydrogens is 305 g/mol. The molecule has 0 saturated heterocycles. The fraction of sp³-hybridized carbons (Fsp3) is 0.286. The summed E-state index contributed by atoms with van der Waals surface area (Å²) in [5, 5.41) is 13.6. The Kier molecular flexibility index (Phi) is 4.10. The summed E-state index contributed by atoms with van der Waals surface area (Å²) in [7, 11) is 1.87. The van der Waals surface area contributed by atoms with Gasteiger partial charge in [0.25, 0.3) is 0 Å². The molecule has 22 heavy (non-hydrogen) atoms. The largest absolute Gasteiger partial charge is 0.342 e. The Balaban J connectivity index is 1.69. The minimum Gasteiger partial charge on any atom is -0.342 e. The molecule has 114 valence electrons. The van der Waals surface area contributed by atoms with Crippen molar-refractivity contribution in [3.05, 3.63) is 52.4 Å². The summed E-state index contributed by atoms with van der Waals surface area (Å²) in [5.74, 6) is 0.890. The molecule has 0 atom stereocenters. The first kappa shape index (κ1) is 14.6. The minimum atomic E-state index is -0.227. The molecule has 0 aliphatic carbocycles. The number of hydrogen-bond acceptors (Lipinski definition) is 7. The average molecular weight is 319 g/mol. The molecule has 0 radical (unpaired) electrons. The molecule has 2 heterocycles. The van der Waals surface area contributed by atoms with Crippen molar-refractivity contribution in [1.29, 1.82) is 0 Å². The Morgan fingerprint density at radius 3 is 2.82 bits per heavy atom. The first-order chi connectivity index (χ1) is 10.6. The summed E-state index contributed by atoms with van der Waals surface area (Å²) < 4.78 is 18.6. The van der Waals surface area contributed by atoms with Crippen molar-refractivity contribution in [2.75, 3.05) is 11.9 Å². The van der Waals surface area contributed by atoms with E-state index in [0.717, 1.165) is 10.1 Å². The number of anilines is 1. The van der Waals surface area contributed by atoms with Gasteiger partial charge < -0.3 is 9.42 Å². The summed E-state index contributed by atoms with van der Waals surface area (Å²) in [6, 6.07) is 6.68. The van der Waals surface area contributed by atoms with Crippen LogP contribution in [0.2, 0.25) is 0 Å². The van der Waals surface area contributed by atoms with Crippen molar-refractivity contribution < 1.29 is 8.91 Å². The van der Waals surface area contributed by atoms with Gasteiger partial charge in [-0.2, -0.15) is 4.98 Å². The number of nitrogens with zero attached hydrogens (tertiary/aromatic N) is 5. The van der Waals surface area contributed by atoms with Gasteiger partial charge in [0.1, 0.15) is 10.8 Å². The molecule has 0 saturated carbocycles. The first-order valence-electron chi connectivity index (χ1n) is 6.68. The minimum absolute atomic E-state index is 0.227. The number of rotatable bonds is 5. The number of aromatic nitrogens is 4. The summed E-state index contributed by atoms with van der Waals surface area (Å²) in [5.41, 5.74) is 0.613. The average Bonchev–Trinajstić information content (AvgIpc) is 3.11. The summed E-state index contributed by atoms with van der Waals surface area (Å²) in [6.07, 6.45) is 0.430. The van der Waals surface area contributed by atoms with Crippen LogP contribution in [-0.2, 0) is 13.0 Å². The number of halogens is 1. The second-order valence-corrected chi connectivity index (χ2v) is 5.87. The van der Waals surface area contributed by atoms with E-state index in [0.29, 0.717) is 30.2 Å². The summed E-state index contributed by atoms with van der Waals surface area (Å²) in [4.78, 5) is 6.03. The van der Waals surface area contributed by atoms with Gasteiger partial charge >= 0.3 is 0 Å². The lowest BCUT2D eigenvalue weighted by atomic mass is 10.1. The van der Waals surface area contributed by atoms with Gasteiger partial charge in [-0.25, -0.2) is 4.39 Å². The van der Waals surface area contributed by atoms with Gasteiger partial charge in [0, 0.05) is 20.4 Å². The van der Waals surface area contributed by atoms with Gasteiger partial charge in [-0.3, -0.25) is 0 Å². The van der Waals surface area contributed by atoms with Crippen molar-refractivity contribution in [2.24, 2.45) is 0 Å². The van der Waals surface area contributed by atoms with E-state index in [1.807, 2.05) is 18.0 Å². The van der Waals surface area contributed by atoms with Crippen molar-refractivity contribution in [3.8, 4) is 0 Å². The van der Waals surface area contributed by atoms with Crippen LogP contribution in [0.3, 0.4) is 0 Å². The second kappa shape index (κ2) is 6.18. The van der Waals surface area contributed by atoms with Gasteiger partial charge in [0.2, 0.25) is 11.0 Å². The van der Waals surface area contributed by atoms with Crippen LogP contribution in [0.15, 0.2) is 28.8 Å². The fourth-order valence-electron chi connectivity index (χ4n) is 1.96. The first-order valence-corrected chi connectivity index (χ1v) is 7.49. The quantitative estimate of drug-likeness (QED) is 0.720. The Labute approximate surface area is 130 Å². The smallest absolute Gasteiger partial charge is 0.223 e. The molecule has 0 fully saturated rings. The van der Waals surface area contributed by atoms with Crippen molar-refractivity contribution >= 4 is 16.5 Å². The number of benzene rings is 1. The second-order valence-electron chi connectivity index (χ2n) is 4.83. The maximum Gasteiger partial charge on any atom is 0.223 e. The summed E-state index contributed by atoms with van der Waals surface area (Å²) >= 11 is 1.42. The van der Waals surface area contributed by atoms with Crippen molar-refractivity contribution in [1.82, 2.24) is 20.3 Å². The maximum absolute atomic E-state index is 13.6. The fourth-order valence-corrected chi connectivity index (χ4v) is 2.78. The maximum atomic E-state index is 13.6. The van der Waals surface area contributed by atoms with Crippen LogP contribution in [0.1, 0.15) is 22.3 Å². The zero-order valence-corrected chi connectivity index (χ0v) is 13.0. The van der Waals surface area contributed by atoms with Gasteiger partial charge in [0.15, 0.2) is 5.82 Å². The lowest BCUT2D eigenvalue weighted by Gasteiger charge is -2.11. The van der Waals surface area contributed by atoms with E-state index >= 15 is 0 Å². The Hall–Kier alpha value is -2.35. The van der Waals surface area contributed by atoms with Crippen molar-refractivity contribution in [3.63, 3.8) is 0 Å². The Morgan fingerprint density at radius 1 is 1.27 bits per heavy atom. The Morgan fingerprint density at radius 2 is 2.09 bits per heavy atom. The van der Waals surface area contributed by atoms with Gasteiger partial charge in [-0.15, -0.1) is 10.2 Å². The molecule has 6 nitrogen and oxygen atoms in total. The molecule has 3 aromatic rings. The highest BCUT2D eigenvalue weighted by Gasteiger charge is 2.13. The highest BCUT2D eigenvalue weighted by Crippen LogP contribution is 2.23. The normalized spacial score (nSPS) is 10.9. The molecule has 0 aliphatic rings. The van der Waals surface area contributed by atoms with Gasteiger partial charge in [0.05, 0.1) is 6.54 Å². The highest BCUT2D eigenvalue weighted by molar-refractivity contribution is 7.15. The summed E-state index contributed by atoms with van der Waals surface area (Å²) in [6.45, 7) is 2.22. The molecule has 3 rings (SSSR count). The van der Waals surface area contributed by atoms with Crippen molar-refractivity contribution in [2.45, 2.75) is 19.9 Å². The third kappa shape index (κ3) is 3.28. The lowest BCUT2D eigenvalue weighted by molar-refractivity contribution is 0.387. The van der Waals surface area contributed by atoms with Crippen LogP contribution < -0.4 is 4.90 Å². The van der Waals surface area contributed by atoms with Crippen LogP contribution in [0.4, 0.5) is 9.52 Å². The van der Waals surface area contributed by atoms with E-state index in [1.54, 1.807) is 19.1 Å². The van der Waals surface area contributed by atoms with E-state index in [4.69, 9.17) is 4.52 Å². The van der Waals surface area contributed by atoms with Gasteiger partial charge in [-0.1, -0.05) is 34.7 Å². The molecule has 2 aromatic heterocycles. The van der Waals surface area contributed by atoms with E-state index < -0.39 is 0 Å². The van der Waals surface area contributed by atoms with E-state index in [-0.39, 0.29) is 5.82 Å². The molecule has 0 aliphatic heterocycles. The number of hydrogen-bond donors (Lipinski definition) is 0. The van der Waals surface area contributed by atoms with E-state index in [1.165, 1.54) is 17.4 Å². The molecule has 1 aromatic carbocycles. The predicted octanol–water partition coefficient (Wildman–Crippen LogP) is 2.60. The highest BCUT2D eigenvalue weighted by atomic mass is 32.1. The Bertz CT molecular complexity index is 772.